The number of hydrogen-bond acceptors (Lipinski definition) is 6. The molecule has 0 aliphatic rings. The molecule has 2 N–H and O–H groups in total. The van der Waals surface area contributed by atoms with Crippen molar-refractivity contribution >= 4 is 29.4 Å². The highest BCUT2D eigenvalue weighted by Crippen LogP contribution is 2.11. The van der Waals surface area contributed by atoms with E-state index in [1.54, 1.807) is 0 Å². The van der Waals surface area contributed by atoms with E-state index in [1.165, 1.54) is 48.5 Å². The summed E-state index contributed by atoms with van der Waals surface area (Å²) in [5.74, 6) is -1.65. The van der Waals surface area contributed by atoms with Crippen molar-refractivity contribution in [1.82, 2.24) is 10.9 Å². The number of esters is 1. The molecule has 0 unspecified atom stereocenters. The largest absolute Gasteiger partial charge is 0.482 e. The molecule has 0 bridgehead atoms. The third kappa shape index (κ3) is 6.68. The number of halogens is 1. The van der Waals surface area contributed by atoms with Crippen molar-refractivity contribution in [2.75, 3.05) is 13.2 Å². The molecule has 9 heteroatoms. The second-order valence-corrected chi connectivity index (χ2v) is 5.53. The van der Waals surface area contributed by atoms with Crippen LogP contribution in [0.25, 0.3) is 0 Å². The molecule has 0 saturated carbocycles. The van der Waals surface area contributed by atoms with Crippen molar-refractivity contribution in [3.8, 4) is 11.8 Å². The highest BCUT2D eigenvalue weighted by atomic mass is 35.5. The van der Waals surface area contributed by atoms with E-state index in [9.17, 15) is 14.4 Å². The summed E-state index contributed by atoms with van der Waals surface area (Å²) < 4.78 is 9.90. The number of nitriles is 1. The predicted molar refractivity (Wildman–Crippen MR) is 94.7 cm³/mol. The molecule has 2 amide bonds. The monoisotopic (exact) mass is 387 g/mol. The first-order valence-corrected chi connectivity index (χ1v) is 7.99. The van der Waals surface area contributed by atoms with Gasteiger partial charge in [-0.3, -0.25) is 20.4 Å². The quantitative estimate of drug-likeness (QED) is 0.574. The van der Waals surface area contributed by atoms with Gasteiger partial charge in [0.05, 0.1) is 11.6 Å². The summed E-state index contributed by atoms with van der Waals surface area (Å²) in [6.45, 7) is -0.993. The molecule has 0 saturated heterocycles. The summed E-state index contributed by atoms with van der Waals surface area (Å²) in [5, 5.41) is 9.17. The lowest BCUT2D eigenvalue weighted by Gasteiger charge is -2.09. The van der Waals surface area contributed by atoms with E-state index in [1.807, 2.05) is 6.07 Å². The van der Waals surface area contributed by atoms with Crippen LogP contribution in [0.1, 0.15) is 15.9 Å². The number of hydrogen-bond donors (Lipinski definition) is 2. The number of ether oxygens (including phenoxy) is 2. The van der Waals surface area contributed by atoms with Gasteiger partial charge in [-0.15, -0.1) is 0 Å². The molecule has 0 fully saturated rings. The third-order valence-corrected chi connectivity index (χ3v) is 3.38. The Morgan fingerprint density at radius 1 is 0.963 bits per heavy atom. The highest BCUT2D eigenvalue weighted by molar-refractivity contribution is 6.30. The minimum absolute atomic E-state index is 0.299. The summed E-state index contributed by atoms with van der Waals surface area (Å²) >= 11 is 5.72. The lowest BCUT2D eigenvalue weighted by Crippen LogP contribution is -2.43. The van der Waals surface area contributed by atoms with Crippen LogP contribution >= 0.6 is 11.6 Å². The van der Waals surface area contributed by atoms with E-state index in [0.29, 0.717) is 21.9 Å². The maximum Gasteiger partial charge on any atom is 0.344 e. The fourth-order valence-corrected chi connectivity index (χ4v) is 1.92. The van der Waals surface area contributed by atoms with Crippen molar-refractivity contribution in [3.05, 3.63) is 64.7 Å². The number of carbonyl (C=O) groups excluding carboxylic acids is 3. The van der Waals surface area contributed by atoms with Gasteiger partial charge in [0, 0.05) is 10.6 Å². The number of hydrazine groups is 1. The molecule has 8 nitrogen and oxygen atoms in total. The molecule has 0 radical (unpaired) electrons. The van der Waals surface area contributed by atoms with Crippen LogP contribution in [0.15, 0.2) is 48.5 Å². The maximum absolute atomic E-state index is 11.8. The van der Waals surface area contributed by atoms with E-state index >= 15 is 0 Å². The van der Waals surface area contributed by atoms with Gasteiger partial charge in [-0.2, -0.15) is 5.26 Å². The Morgan fingerprint density at radius 2 is 1.63 bits per heavy atom. The number of amides is 2. The first kappa shape index (κ1) is 19.8. The number of rotatable bonds is 6. The fourth-order valence-electron chi connectivity index (χ4n) is 1.79. The lowest BCUT2D eigenvalue weighted by molar-refractivity contribution is -0.150. The van der Waals surface area contributed by atoms with Crippen LogP contribution in [0.3, 0.4) is 0 Å². The Morgan fingerprint density at radius 3 is 2.26 bits per heavy atom. The van der Waals surface area contributed by atoms with Crippen molar-refractivity contribution < 1.29 is 23.9 Å². The first-order valence-electron chi connectivity index (χ1n) is 7.61. The lowest BCUT2D eigenvalue weighted by atomic mass is 10.2. The van der Waals surface area contributed by atoms with Gasteiger partial charge in [0.25, 0.3) is 11.8 Å². The molecule has 0 spiro atoms. The summed E-state index contributed by atoms with van der Waals surface area (Å²) in [6, 6.07) is 14.2. The standard InChI is InChI=1S/C18H14ClN3O5/c19-14-5-3-13(4-6-14)18(25)22-21-16(23)10-27-17(24)11-26-15-7-1-12(9-20)2-8-15/h1-8H,10-11H2,(H,21,23)(H,22,25). The molecule has 0 heterocycles. The topological polar surface area (TPSA) is 118 Å². The average Bonchev–Trinajstić information content (AvgIpc) is 2.69. The zero-order chi connectivity index (χ0) is 19.6. The number of nitrogens with zero attached hydrogens (tertiary/aromatic N) is 1. The second-order valence-electron chi connectivity index (χ2n) is 5.09. The van der Waals surface area contributed by atoms with Crippen molar-refractivity contribution in [2.45, 2.75) is 0 Å². The van der Waals surface area contributed by atoms with Crippen molar-refractivity contribution in [3.63, 3.8) is 0 Å². The second kappa shape index (κ2) is 9.79. The normalized spacial score (nSPS) is 9.63. The Bertz CT molecular complexity index is 860. The van der Waals surface area contributed by atoms with Gasteiger partial charge in [0.1, 0.15) is 5.75 Å². The van der Waals surface area contributed by atoms with Crippen LogP contribution in [0.2, 0.25) is 5.02 Å². The van der Waals surface area contributed by atoms with Crippen LogP contribution in [0, 0.1) is 11.3 Å². The van der Waals surface area contributed by atoms with E-state index < -0.39 is 31.0 Å². The van der Waals surface area contributed by atoms with Gasteiger partial charge in [-0.1, -0.05) is 11.6 Å². The molecular formula is C18H14ClN3O5. The molecule has 138 valence electrons. The molecule has 2 aromatic rings. The Hall–Kier alpha value is -3.57. The first-order chi connectivity index (χ1) is 13.0. The predicted octanol–water partition coefficient (Wildman–Crippen LogP) is 1.59. The molecule has 0 aromatic heterocycles. The van der Waals surface area contributed by atoms with Crippen LogP contribution in [-0.4, -0.2) is 31.0 Å². The van der Waals surface area contributed by atoms with Crippen LogP contribution in [0.4, 0.5) is 0 Å². The third-order valence-electron chi connectivity index (χ3n) is 3.13. The van der Waals surface area contributed by atoms with Gasteiger partial charge in [-0.25, -0.2) is 4.79 Å². The molecule has 2 aromatic carbocycles. The average molecular weight is 388 g/mol. The summed E-state index contributed by atoms with van der Waals surface area (Å²) in [7, 11) is 0. The molecule has 27 heavy (non-hydrogen) atoms. The van der Waals surface area contributed by atoms with Crippen molar-refractivity contribution in [1.29, 1.82) is 5.26 Å². The van der Waals surface area contributed by atoms with E-state index in [0.717, 1.165) is 0 Å². The Labute approximate surface area is 159 Å². The van der Waals surface area contributed by atoms with Gasteiger partial charge in [0.2, 0.25) is 0 Å². The van der Waals surface area contributed by atoms with Crippen LogP contribution in [0.5, 0.6) is 5.75 Å². The van der Waals surface area contributed by atoms with Crippen LogP contribution in [-0.2, 0) is 14.3 Å². The molecular weight excluding hydrogens is 374 g/mol. The van der Waals surface area contributed by atoms with E-state index in [-0.39, 0.29) is 0 Å². The number of nitrogens with one attached hydrogen (secondary N) is 2. The van der Waals surface area contributed by atoms with Crippen LogP contribution < -0.4 is 15.6 Å². The smallest absolute Gasteiger partial charge is 0.344 e. The molecule has 0 aliphatic carbocycles. The molecule has 0 aliphatic heterocycles. The Balaban J connectivity index is 1.66. The zero-order valence-electron chi connectivity index (χ0n) is 13.9. The van der Waals surface area contributed by atoms with Crippen molar-refractivity contribution in [2.24, 2.45) is 0 Å². The fraction of sp³-hybridized carbons (Fsp3) is 0.111. The van der Waals surface area contributed by atoms with Gasteiger partial charge in [0.15, 0.2) is 13.2 Å². The zero-order valence-corrected chi connectivity index (χ0v) is 14.7. The Kier molecular flexibility index (Phi) is 7.16. The van der Waals surface area contributed by atoms with Gasteiger partial charge in [-0.05, 0) is 48.5 Å². The highest BCUT2D eigenvalue weighted by Gasteiger charge is 2.10. The maximum atomic E-state index is 11.8. The van der Waals surface area contributed by atoms with Gasteiger partial charge >= 0.3 is 5.97 Å². The summed E-state index contributed by atoms with van der Waals surface area (Å²) in [5.41, 5.74) is 5.06. The molecule has 0 atom stereocenters. The van der Waals surface area contributed by atoms with E-state index in [2.05, 4.69) is 10.9 Å². The van der Waals surface area contributed by atoms with E-state index in [4.69, 9.17) is 26.3 Å². The minimum atomic E-state index is -0.765. The molecule has 2 rings (SSSR count). The summed E-state index contributed by atoms with van der Waals surface area (Å²) in [4.78, 5) is 34.9. The number of benzene rings is 2. The summed E-state index contributed by atoms with van der Waals surface area (Å²) in [6.07, 6.45) is 0. The SMILES string of the molecule is N#Cc1ccc(OCC(=O)OCC(=O)NNC(=O)c2ccc(Cl)cc2)cc1. The van der Waals surface area contributed by atoms with Gasteiger partial charge < -0.3 is 9.47 Å². The minimum Gasteiger partial charge on any atom is -0.482 e. The number of carbonyl (C=O) groups is 3.